The van der Waals surface area contributed by atoms with Crippen LogP contribution in [0.3, 0.4) is 0 Å². The third-order valence-electron chi connectivity index (χ3n) is 5.79. The van der Waals surface area contributed by atoms with Gasteiger partial charge in [0.2, 0.25) is 0 Å². The van der Waals surface area contributed by atoms with E-state index in [-0.39, 0.29) is 5.60 Å². The zero-order chi connectivity index (χ0) is 17.7. The lowest BCUT2D eigenvalue weighted by molar-refractivity contribution is -0.0962. The maximum atomic E-state index is 11.3. The number of ether oxygens (including phenoxy) is 1. The Kier molecular flexibility index (Phi) is 3.92. The first-order valence-electron chi connectivity index (χ1n) is 9.31. The van der Waals surface area contributed by atoms with E-state index in [1.165, 1.54) is 24.2 Å². The fraction of sp³-hybridized carbons (Fsp3) is 0.579. The summed E-state index contributed by atoms with van der Waals surface area (Å²) in [4.78, 5) is 15.3. The molecule has 0 radical (unpaired) electrons. The summed E-state index contributed by atoms with van der Waals surface area (Å²) in [5.74, 6) is 0.792. The molecule has 3 aliphatic rings. The Morgan fingerprint density at radius 2 is 2.15 bits per heavy atom. The molecule has 1 N–H and O–H groups in total. The highest BCUT2D eigenvalue weighted by atomic mass is 32.1. The molecule has 2 aliphatic heterocycles. The summed E-state index contributed by atoms with van der Waals surface area (Å²) in [5, 5.41) is 13.5. The van der Waals surface area contributed by atoms with Crippen molar-refractivity contribution in [3.05, 3.63) is 38.9 Å². The second-order valence-electron chi connectivity index (χ2n) is 7.63. The molecule has 0 atom stereocenters. The zero-order valence-electron chi connectivity index (χ0n) is 14.6. The molecule has 2 fully saturated rings. The summed E-state index contributed by atoms with van der Waals surface area (Å²) in [6, 6.07) is 3.95. The van der Waals surface area contributed by atoms with Gasteiger partial charge >= 0.3 is 5.97 Å². The largest absolute Gasteiger partial charge is 0.477 e. The first kappa shape index (κ1) is 16.5. The quantitative estimate of drug-likeness (QED) is 0.884. The van der Waals surface area contributed by atoms with Gasteiger partial charge in [-0.2, -0.15) is 0 Å². The molecule has 5 rings (SSSR count). The van der Waals surface area contributed by atoms with Gasteiger partial charge in [0.1, 0.15) is 16.2 Å². The Bertz CT molecular complexity index is 830. The Hall–Kier alpha value is -1.70. The zero-order valence-corrected chi connectivity index (χ0v) is 15.4. The Morgan fingerprint density at radius 3 is 2.88 bits per heavy atom. The standard InChI is InChI=1S/C19H22N2O4S/c22-18(23)16-9-13-3-8-24-19(17(13)26-16)4-6-21(7-5-19)11-14-10-15(25-20-14)12-1-2-12/h9-10,12H,1-8,11H2,(H,22,23). The Balaban J connectivity index is 1.28. The summed E-state index contributed by atoms with van der Waals surface area (Å²) in [6.07, 6.45) is 5.05. The van der Waals surface area contributed by atoms with Crippen LogP contribution in [-0.2, 0) is 23.3 Å². The smallest absolute Gasteiger partial charge is 0.345 e. The minimum atomic E-state index is -0.838. The molecular formula is C19H22N2O4S. The van der Waals surface area contributed by atoms with Gasteiger partial charge < -0.3 is 14.4 Å². The minimum Gasteiger partial charge on any atom is -0.477 e. The summed E-state index contributed by atoms with van der Waals surface area (Å²) in [5.41, 5.74) is 1.88. The van der Waals surface area contributed by atoms with Crippen molar-refractivity contribution in [3.63, 3.8) is 0 Å². The summed E-state index contributed by atoms with van der Waals surface area (Å²) >= 11 is 1.40. The van der Waals surface area contributed by atoms with Crippen LogP contribution in [0.15, 0.2) is 16.7 Å². The van der Waals surface area contributed by atoms with Crippen molar-refractivity contribution in [3.8, 4) is 0 Å². The van der Waals surface area contributed by atoms with E-state index in [2.05, 4.69) is 16.1 Å². The molecule has 6 nitrogen and oxygen atoms in total. The number of carboxylic acids is 1. The van der Waals surface area contributed by atoms with E-state index < -0.39 is 5.97 Å². The van der Waals surface area contributed by atoms with Crippen LogP contribution in [0.1, 0.15) is 63.2 Å². The molecule has 1 aliphatic carbocycles. The van der Waals surface area contributed by atoms with Crippen LogP contribution in [0, 0.1) is 0 Å². The van der Waals surface area contributed by atoms with Crippen molar-refractivity contribution in [1.82, 2.24) is 10.1 Å². The highest BCUT2D eigenvalue weighted by Gasteiger charge is 2.43. The van der Waals surface area contributed by atoms with E-state index in [1.54, 1.807) is 0 Å². The summed E-state index contributed by atoms with van der Waals surface area (Å²) < 4.78 is 11.7. The SMILES string of the molecule is O=C(O)c1cc2c(s1)C1(CCN(Cc3cc(C4CC4)on3)CC1)OCC2. The summed E-state index contributed by atoms with van der Waals surface area (Å²) in [6.45, 7) is 3.33. The number of carbonyl (C=O) groups is 1. The number of aromatic nitrogens is 1. The van der Waals surface area contributed by atoms with Gasteiger partial charge in [-0.15, -0.1) is 11.3 Å². The monoisotopic (exact) mass is 374 g/mol. The normalized spacial score (nSPS) is 22.5. The van der Waals surface area contributed by atoms with Crippen LogP contribution < -0.4 is 0 Å². The van der Waals surface area contributed by atoms with Gasteiger partial charge in [0.15, 0.2) is 0 Å². The van der Waals surface area contributed by atoms with E-state index in [0.717, 1.165) is 60.8 Å². The first-order valence-corrected chi connectivity index (χ1v) is 10.1. The van der Waals surface area contributed by atoms with Crippen LogP contribution in [0.2, 0.25) is 0 Å². The van der Waals surface area contributed by atoms with E-state index in [1.807, 2.05) is 6.07 Å². The molecule has 2 aromatic heterocycles. The van der Waals surface area contributed by atoms with Crippen molar-refractivity contribution in [1.29, 1.82) is 0 Å². The fourth-order valence-corrected chi connectivity index (χ4v) is 5.41. The lowest BCUT2D eigenvalue weighted by atomic mass is 9.85. The molecule has 1 spiro atoms. The van der Waals surface area contributed by atoms with Crippen LogP contribution in [0.4, 0.5) is 0 Å². The number of likely N-dealkylation sites (tertiary alicyclic amines) is 1. The number of fused-ring (bicyclic) bond motifs is 2. The number of hydrogen-bond acceptors (Lipinski definition) is 6. The van der Waals surface area contributed by atoms with Crippen molar-refractivity contribution in [2.75, 3.05) is 19.7 Å². The molecule has 0 unspecified atom stereocenters. The molecular weight excluding hydrogens is 352 g/mol. The fourth-order valence-electron chi connectivity index (χ4n) is 4.16. The molecule has 4 heterocycles. The van der Waals surface area contributed by atoms with E-state index in [9.17, 15) is 9.90 Å². The van der Waals surface area contributed by atoms with Gasteiger partial charge in [0.05, 0.1) is 12.3 Å². The topological polar surface area (TPSA) is 75.8 Å². The highest BCUT2D eigenvalue weighted by molar-refractivity contribution is 7.14. The average molecular weight is 374 g/mol. The highest BCUT2D eigenvalue weighted by Crippen LogP contribution is 2.45. The second-order valence-corrected chi connectivity index (χ2v) is 8.69. The molecule has 0 bridgehead atoms. The van der Waals surface area contributed by atoms with Gasteiger partial charge in [0, 0.05) is 36.5 Å². The van der Waals surface area contributed by atoms with Crippen LogP contribution in [0.25, 0.3) is 0 Å². The molecule has 138 valence electrons. The van der Waals surface area contributed by atoms with Crippen LogP contribution in [-0.4, -0.2) is 40.8 Å². The minimum absolute atomic E-state index is 0.300. The predicted octanol–water partition coefficient (Wildman–Crippen LogP) is 3.38. The number of thiophene rings is 1. The number of carboxylic acid groups (broad SMARTS) is 1. The van der Waals surface area contributed by atoms with Gasteiger partial charge in [-0.25, -0.2) is 4.79 Å². The summed E-state index contributed by atoms with van der Waals surface area (Å²) in [7, 11) is 0. The van der Waals surface area contributed by atoms with Crippen molar-refractivity contribution >= 4 is 17.3 Å². The predicted molar refractivity (Wildman–Crippen MR) is 95.6 cm³/mol. The van der Waals surface area contributed by atoms with Gasteiger partial charge in [-0.1, -0.05) is 5.16 Å². The molecule has 1 saturated carbocycles. The number of nitrogens with zero attached hydrogens (tertiary/aromatic N) is 2. The second kappa shape index (κ2) is 6.18. The van der Waals surface area contributed by atoms with E-state index in [4.69, 9.17) is 9.26 Å². The van der Waals surface area contributed by atoms with E-state index >= 15 is 0 Å². The third kappa shape index (κ3) is 2.88. The molecule has 26 heavy (non-hydrogen) atoms. The lowest BCUT2D eigenvalue weighted by Crippen LogP contribution is -2.45. The molecule has 1 saturated heterocycles. The van der Waals surface area contributed by atoms with Crippen LogP contribution in [0.5, 0.6) is 0 Å². The number of aromatic carboxylic acids is 1. The lowest BCUT2D eigenvalue weighted by Gasteiger charge is -2.43. The van der Waals surface area contributed by atoms with E-state index in [0.29, 0.717) is 17.4 Å². The maximum Gasteiger partial charge on any atom is 0.345 e. The first-order chi connectivity index (χ1) is 12.6. The number of piperidine rings is 1. The van der Waals surface area contributed by atoms with Gasteiger partial charge in [-0.3, -0.25) is 4.90 Å². The Labute approximate surface area is 155 Å². The number of rotatable bonds is 4. The molecule has 0 amide bonds. The third-order valence-corrected chi connectivity index (χ3v) is 7.14. The molecule has 7 heteroatoms. The number of hydrogen-bond donors (Lipinski definition) is 1. The van der Waals surface area contributed by atoms with Gasteiger partial charge in [0.25, 0.3) is 0 Å². The maximum absolute atomic E-state index is 11.3. The molecule has 0 aromatic carbocycles. The van der Waals surface area contributed by atoms with Gasteiger partial charge in [-0.05, 0) is 43.7 Å². The Morgan fingerprint density at radius 1 is 1.35 bits per heavy atom. The van der Waals surface area contributed by atoms with Crippen molar-refractivity contribution < 1.29 is 19.2 Å². The molecule has 2 aromatic rings. The van der Waals surface area contributed by atoms with Crippen molar-refractivity contribution in [2.24, 2.45) is 0 Å². The van der Waals surface area contributed by atoms with Crippen LogP contribution >= 0.6 is 11.3 Å². The average Bonchev–Trinajstić information content (AvgIpc) is 3.21. The van der Waals surface area contributed by atoms with Crippen molar-refractivity contribution in [2.45, 2.75) is 50.2 Å².